The predicted octanol–water partition coefficient (Wildman–Crippen LogP) is 3.79. The molecule has 0 aliphatic heterocycles. The Bertz CT molecular complexity index is 1240. The monoisotopic (exact) mass is 358 g/mol. The SMILES string of the molecule is CC(C)n1cc(Nc2nc(-c3ccc4cn[nH]c4c3)cn3ccnc23)cn1. The molecule has 2 N–H and O–H groups in total. The minimum Gasteiger partial charge on any atom is -0.335 e. The smallest absolute Gasteiger partial charge is 0.180 e. The summed E-state index contributed by atoms with van der Waals surface area (Å²) in [4.78, 5) is 9.25. The van der Waals surface area contributed by atoms with Crippen LogP contribution in [0.15, 0.2) is 55.4 Å². The summed E-state index contributed by atoms with van der Waals surface area (Å²) in [6.45, 7) is 4.18. The summed E-state index contributed by atoms with van der Waals surface area (Å²) < 4.78 is 3.87. The average molecular weight is 358 g/mol. The van der Waals surface area contributed by atoms with Crippen LogP contribution in [-0.2, 0) is 0 Å². The highest BCUT2D eigenvalue weighted by molar-refractivity contribution is 5.83. The van der Waals surface area contributed by atoms with Gasteiger partial charge in [0, 0.05) is 41.8 Å². The lowest BCUT2D eigenvalue weighted by atomic mass is 10.1. The first-order chi connectivity index (χ1) is 13.2. The topological polar surface area (TPSA) is 88.7 Å². The van der Waals surface area contributed by atoms with Crippen LogP contribution in [0.25, 0.3) is 27.8 Å². The Hall–Kier alpha value is -3.68. The number of hydrogen-bond acceptors (Lipinski definition) is 5. The highest BCUT2D eigenvalue weighted by atomic mass is 15.3. The molecule has 0 saturated carbocycles. The summed E-state index contributed by atoms with van der Waals surface area (Å²) in [6, 6.07) is 6.43. The molecule has 0 amide bonds. The summed E-state index contributed by atoms with van der Waals surface area (Å²) in [7, 11) is 0. The number of rotatable bonds is 4. The molecule has 0 saturated heterocycles. The summed E-state index contributed by atoms with van der Waals surface area (Å²) in [5.74, 6) is 0.686. The zero-order valence-electron chi connectivity index (χ0n) is 15.0. The number of nitrogens with one attached hydrogen (secondary N) is 2. The fourth-order valence-corrected chi connectivity index (χ4v) is 3.07. The van der Waals surface area contributed by atoms with Crippen LogP contribution in [0, 0.1) is 0 Å². The molecule has 8 heteroatoms. The molecule has 27 heavy (non-hydrogen) atoms. The van der Waals surface area contributed by atoms with Crippen LogP contribution in [0.4, 0.5) is 11.5 Å². The molecule has 8 nitrogen and oxygen atoms in total. The number of fused-ring (bicyclic) bond motifs is 2. The van der Waals surface area contributed by atoms with Gasteiger partial charge in [-0.25, -0.2) is 9.97 Å². The van der Waals surface area contributed by atoms with E-state index in [1.165, 1.54) is 0 Å². The van der Waals surface area contributed by atoms with Crippen LogP contribution in [0.3, 0.4) is 0 Å². The van der Waals surface area contributed by atoms with Crippen molar-refractivity contribution in [3.63, 3.8) is 0 Å². The number of anilines is 2. The highest BCUT2D eigenvalue weighted by Gasteiger charge is 2.11. The van der Waals surface area contributed by atoms with E-state index in [-0.39, 0.29) is 0 Å². The van der Waals surface area contributed by atoms with Gasteiger partial charge in [0.05, 0.1) is 29.3 Å². The first-order valence-electron chi connectivity index (χ1n) is 8.76. The maximum Gasteiger partial charge on any atom is 0.180 e. The molecule has 0 atom stereocenters. The lowest BCUT2D eigenvalue weighted by Crippen LogP contribution is -2.01. The minimum atomic E-state index is 0.299. The molecule has 1 aromatic carbocycles. The van der Waals surface area contributed by atoms with Crippen molar-refractivity contribution in [3.8, 4) is 11.3 Å². The maximum atomic E-state index is 4.82. The van der Waals surface area contributed by atoms with Gasteiger partial charge in [0.15, 0.2) is 11.5 Å². The fraction of sp³-hybridized carbons (Fsp3) is 0.158. The maximum absolute atomic E-state index is 4.82. The highest BCUT2D eigenvalue weighted by Crippen LogP contribution is 2.26. The lowest BCUT2D eigenvalue weighted by Gasteiger charge is -2.09. The number of nitrogens with zero attached hydrogens (tertiary/aromatic N) is 6. The molecule has 0 spiro atoms. The molecule has 5 aromatic rings. The van der Waals surface area contributed by atoms with Gasteiger partial charge in [0.2, 0.25) is 0 Å². The number of benzene rings is 1. The van der Waals surface area contributed by atoms with Gasteiger partial charge in [-0.15, -0.1) is 0 Å². The molecule has 134 valence electrons. The van der Waals surface area contributed by atoms with Gasteiger partial charge in [-0.1, -0.05) is 12.1 Å². The number of hydrogen-bond donors (Lipinski definition) is 2. The Morgan fingerprint density at radius 2 is 2.07 bits per heavy atom. The second-order valence-electron chi connectivity index (χ2n) is 6.73. The van der Waals surface area contributed by atoms with Crippen molar-refractivity contribution in [1.29, 1.82) is 0 Å². The number of H-pyrrole nitrogens is 1. The van der Waals surface area contributed by atoms with Gasteiger partial charge in [0.25, 0.3) is 0 Å². The molecule has 0 aliphatic carbocycles. The third kappa shape index (κ3) is 2.71. The summed E-state index contributed by atoms with van der Waals surface area (Å²) in [5, 5.41) is 15.9. The van der Waals surface area contributed by atoms with Gasteiger partial charge in [0.1, 0.15) is 0 Å². The van der Waals surface area contributed by atoms with Crippen LogP contribution in [-0.4, -0.2) is 34.3 Å². The van der Waals surface area contributed by atoms with E-state index in [1.807, 2.05) is 52.1 Å². The first kappa shape index (κ1) is 15.6. The Balaban J connectivity index is 1.59. The molecule has 5 rings (SSSR count). The normalized spacial score (nSPS) is 11.7. The van der Waals surface area contributed by atoms with E-state index < -0.39 is 0 Å². The second-order valence-corrected chi connectivity index (χ2v) is 6.73. The zero-order valence-corrected chi connectivity index (χ0v) is 15.0. The van der Waals surface area contributed by atoms with E-state index in [2.05, 4.69) is 39.4 Å². The van der Waals surface area contributed by atoms with E-state index in [9.17, 15) is 0 Å². The van der Waals surface area contributed by atoms with Crippen molar-refractivity contribution in [2.75, 3.05) is 5.32 Å². The molecule has 0 aliphatic rings. The lowest BCUT2D eigenvalue weighted by molar-refractivity contribution is 0.532. The van der Waals surface area contributed by atoms with Crippen molar-refractivity contribution < 1.29 is 0 Å². The van der Waals surface area contributed by atoms with E-state index >= 15 is 0 Å². The van der Waals surface area contributed by atoms with Crippen molar-refractivity contribution in [2.45, 2.75) is 19.9 Å². The van der Waals surface area contributed by atoms with Crippen LogP contribution in [0.2, 0.25) is 0 Å². The molecule has 0 radical (unpaired) electrons. The summed E-state index contributed by atoms with van der Waals surface area (Å²) in [5.41, 5.74) is 4.47. The molecular formula is C19H18N8. The van der Waals surface area contributed by atoms with E-state index in [0.29, 0.717) is 11.9 Å². The standard InChI is InChI=1S/C19H18N8/c1-12(2)27-10-15(9-22-27)23-18-19-20-5-6-26(19)11-17(24-18)13-3-4-14-8-21-25-16(14)7-13/h3-12H,1-2H3,(H,21,25)(H,23,24). The third-order valence-electron chi connectivity index (χ3n) is 4.51. The summed E-state index contributed by atoms with van der Waals surface area (Å²) >= 11 is 0. The van der Waals surface area contributed by atoms with Gasteiger partial charge in [-0.2, -0.15) is 10.2 Å². The quantitative estimate of drug-likeness (QED) is 0.510. The van der Waals surface area contributed by atoms with Gasteiger partial charge in [-0.3, -0.25) is 9.78 Å². The molecule has 4 aromatic heterocycles. The first-order valence-corrected chi connectivity index (χ1v) is 8.76. The van der Waals surface area contributed by atoms with Crippen LogP contribution in [0.1, 0.15) is 19.9 Å². The van der Waals surface area contributed by atoms with Gasteiger partial charge >= 0.3 is 0 Å². The third-order valence-corrected chi connectivity index (χ3v) is 4.51. The van der Waals surface area contributed by atoms with Gasteiger partial charge in [-0.05, 0) is 19.9 Å². The molecule has 4 heterocycles. The molecule has 0 bridgehead atoms. The minimum absolute atomic E-state index is 0.299. The van der Waals surface area contributed by atoms with Crippen molar-refractivity contribution in [2.24, 2.45) is 0 Å². The fourth-order valence-electron chi connectivity index (χ4n) is 3.07. The van der Waals surface area contributed by atoms with Crippen LogP contribution < -0.4 is 5.32 Å². The Morgan fingerprint density at radius 1 is 1.15 bits per heavy atom. The Morgan fingerprint density at radius 3 is 2.93 bits per heavy atom. The largest absolute Gasteiger partial charge is 0.335 e. The predicted molar refractivity (Wildman–Crippen MR) is 104 cm³/mol. The number of imidazole rings is 1. The summed E-state index contributed by atoms with van der Waals surface area (Å²) in [6.07, 6.45) is 11.2. The molecule has 0 unspecified atom stereocenters. The Kier molecular flexibility index (Phi) is 3.43. The van der Waals surface area contributed by atoms with E-state index in [0.717, 1.165) is 33.5 Å². The van der Waals surface area contributed by atoms with Crippen molar-refractivity contribution >= 4 is 28.1 Å². The average Bonchev–Trinajstić information content (AvgIpc) is 3.40. The van der Waals surface area contributed by atoms with Crippen molar-refractivity contribution in [1.82, 2.24) is 34.3 Å². The Labute approximate surface area is 154 Å². The molecular weight excluding hydrogens is 340 g/mol. The van der Waals surface area contributed by atoms with E-state index in [4.69, 9.17) is 4.98 Å². The molecule has 0 fully saturated rings. The van der Waals surface area contributed by atoms with E-state index in [1.54, 1.807) is 12.4 Å². The second kappa shape index (κ2) is 5.94. The number of aromatic amines is 1. The number of aromatic nitrogens is 7. The zero-order chi connectivity index (χ0) is 18.4. The van der Waals surface area contributed by atoms with Crippen molar-refractivity contribution in [3.05, 3.63) is 55.4 Å². The van der Waals surface area contributed by atoms with Crippen LogP contribution >= 0.6 is 0 Å². The van der Waals surface area contributed by atoms with Gasteiger partial charge < -0.3 is 9.72 Å². The van der Waals surface area contributed by atoms with Crippen LogP contribution in [0.5, 0.6) is 0 Å².